The number of pyridine rings is 1. The first-order valence-electron chi connectivity index (χ1n) is 7.41. The van der Waals surface area contributed by atoms with Crippen molar-refractivity contribution >= 4 is 23.1 Å². The zero-order chi connectivity index (χ0) is 15.0. The highest BCUT2D eigenvalue weighted by molar-refractivity contribution is 6.33. The summed E-state index contributed by atoms with van der Waals surface area (Å²) in [5, 5.41) is 14.8. The summed E-state index contributed by atoms with van der Waals surface area (Å²) in [5.74, 6) is 0.663. The summed E-state index contributed by atoms with van der Waals surface area (Å²) >= 11 is 6.23. The number of hydrogen-bond acceptors (Lipinski definition) is 5. The molecule has 2 atom stereocenters. The Labute approximate surface area is 128 Å². The largest absolute Gasteiger partial charge is 0.353 e. The van der Waals surface area contributed by atoms with Gasteiger partial charge in [0.1, 0.15) is 12.0 Å². The lowest BCUT2D eigenvalue weighted by atomic mass is 9.98. The highest BCUT2D eigenvalue weighted by atomic mass is 35.5. The topological polar surface area (TPSA) is 71.3 Å². The van der Waals surface area contributed by atoms with Gasteiger partial charge in [-0.3, -0.25) is 10.1 Å². The molecule has 7 heteroatoms. The van der Waals surface area contributed by atoms with Gasteiger partial charge in [0, 0.05) is 30.7 Å². The highest BCUT2D eigenvalue weighted by Crippen LogP contribution is 2.34. The van der Waals surface area contributed by atoms with Gasteiger partial charge in [-0.15, -0.1) is 0 Å². The molecule has 0 saturated carbocycles. The predicted molar refractivity (Wildman–Crippen MR) is 81.9 cm³/mol. The number of nitro groups is 1. The zero-order valence-corrected chi connectivity index (χ0v) is 12.7. The lowest BCUT2D eigenvalue weighted by Crippen LogP contribution is -2.48. The van der Waals surface area contributed by atoms with Gasteiger partial charge in [-0.1, -0.05) is 11.6 Å². The molecule has 2 aliphatic heterocycles. The Morgan fingerprint density at radius 3 is 2.67 bits per heavy atom. The van der Waals surface area contributed by atoms with Crippen molar-refractivity contribution in [2.24, 2.45) is 0 Å². The number of piperidine rings is 1. The van der Waals surface area contributed by atoms with Crippen LogP contribution >= 0.6 is 11.6 Å². The molecule has 2 unspecified atom stereocenters. The molecule has 3 heterocycles. The van der Waals surface area contributed by atoms with Crippen molar-refractivity contribution < 1.29 is 4.92 Å². The number of aromatic nitrogens is 1. The van der Waals surface area contributed by atoms with E-state index in [1.165, 1.54) is 25.1 Å². The number of rotatable bonds is 4. The standard InChI is InChI=1S/C14H19ClN4O2/c1-2-18(11-5-9-3-4-10(6-11)17-9)14-13(15)7-12(8-16-14)19(20)21/h7-11,17H,2-6H2,1H3. The quantitative estimate of drug-likeness (QED) is 0.684. The first-order valence-corrected chi connectivity index (χ1v) is 7.79. The molecule has 0 radical (unpaired) electrons. The van der Waals surface area contributed by atoms with E-state index in [0.717, 1.165) is 19.4 Å². The second kappa shape index (κ2) is 5.77. The lowest BCUT2D eigenvalue weighted by molar-refractivity contribution is -0.385. The molecule has 6 nitrogen and oxygen atoms in total. The molecule has 114 valence electrons. The Morgan fingerprint density at radius 1 is 1.48 bits per heavy atom. The molecule has 2 bridgehead atoms. The van der Waals surface area contributed by atoms with Gasteiger partial charge < -0.3 is 10.2 Å². The van der Waals surface area contributed by atoms with E-state index in [4.69, 9.17) is 11.6 Å². The van der Waals surface area contributed by atoms with Crippen LogP contribution in [0.15, 0.2) is 12.3 Å². The molecule has 2 saturated heterocycles. The lowest BCUT2D eigenvalue weighted by Gasteiger charge is -2.38. The van der Waals surface area contributed by atoms with E-state index in [1.807, 2.05) is 0 Å². The van der Waals surface area contributed by atoms with Crippen LogP contribution < -0.4 is 10.2 Å². The summed E-state index contributed by atoms with van der Waals surface area (Å²) in [4.78, 5) is 16.8. The molecule has 3 rings (SSSR count). The van der Waals surface area contributed by atoms with Crippen LogP contribution in [0.1, 0.15) is 32.6 Å². The zero-order valence-electron chi connectivity index (χ0n) is 12.0. The molecule has 1 aromatic rings. The van der Waals surface area contributed by atoms with Gasteiger partial charge in [-0.25, -0.2) is 4.98 Å². The minimum absolute atomic E-state index is 0.0646. The second-order valence-corrected chi connectivity index (χ2v) is 6.21. The number of fused-ring (bicyclic) bond motifs is 2. The van der Waals surface area contributed by atoms with E-state index in [-0.39, 0.29) is 5.69 Å². The smallest absolute Gasteiger partial charge is 0.289 e. The third-order valence-corrected chi connectivity index (χ3v) is 4.80. The van der Waals surface area contributed by atoms with Crippen molar-refractivity contribution in [3.8, 4) is 0 Å². The Bertz CT molecular complexity index is 542. The summed E-state index contributed by atoms with van der Waals surface area (Å²) in [6, 6.07) is 2.96. The van der Waals surface area contributed by atoms with Crippen molar-refractivity contribution in [2.45, 2.75) is 50.7 Å². The van der Waals surface area contributed by atoms with Gasteiger partial charge >= 0.3 is 0 Å². The van der Waals surface area contributed by atoms with E-state index < -0.39 is 4.92 Å². The van der Waals surface area contributed by atoms with Gasteiger partial charge in [0.2, 0.25) is 0 Å². The number of halogens is 1. The minimum atomic E-state index is -0.469. The Balaban J connectivity index is 1.84. The van der Waals surface area contributed by atoms with Crippen LogP contribution in [0.25, 0.3) is 0 Å². The third kappa shape index (κ3) is 2.82. The third-order valence-electron chi connectivity index (χ3n) is 4.52. The predicted octanol–water partition coefficient (Wildman–Crippen LogP) is 2.75. The molecule has 1 N–H and O–H groups in total. The van der Waals surface area contributed by atoms with Gasteiger partial charge in [0.25, 0.3) is 5.69 Å². The molecule has 0 amide bonds. The van der Waals surface area contributed by atoms with Crippen LogP contribution in [0, 0.1) is 10.1 Å². The Morgan fingerprint density at radius 2 is 2.14 bits per heavy atom. The van der Waals surface area contributed by atoms with Crippen LogP contribution in [0.4, 0.5) is 11.5 Å². The first-order chi connectivity index (χ1) is 10.1. The van der Waals surface area contributed by atoms with Crippen LogP contribution in [0.2, 0.25) is 5.02 Å². The fourth-order valence-corrected chi connectivity index (χ4v) is 3.86. The van der Waals surface area contributed by atoms with Crippen LogP contribution in [-0.2, 0) is 0 Å². The van der Waals surface area contributed by atoms with E-state index in [0.29, 0.717) is 29.0 Å². The van der Waals surface area contributed by atoms with Crippen molar-refractivity contribution in [1.82, 2.24) is 10.3 Å². The molecule has 2 fully saturated rings. The molecule has 0 aliphatic carbocycles. The van der Waals surface area contributed by atoms with Gasteiger partial charge in [0.05, 0.1) is 9.95 Å². The maximum absolute atomic E-state index is 10.8. The van der Waals surface area contributed by atoms with Gasteiger partial charge in [-0.2, -0.15) is 0 Å². The molecule has 2 aliphatic rings. The summed E-state index contributed by atoms with van der Waals surface area (Å²) in [6.07, 6.45) is 5.93. The van der Waals surface area contributed by atoms with E-state index >= 15 is 0 Å². The molecule has 1 aromatic heterocycles. The molecule has 0 spiro atoms. The summed E-state index contributed by atoms with van der Waals surface area (Å²) in [5.41, 5.74) is -0.0646. The number of anilines is 1. The maximum atomic E-state index is 10.8. The number of nitrogens with one attached hydrogen (secondary N) is 1. The van der Waals surface area contributed by atoms with Crippen molar-refractivity contribution in [3.05, 3.63) is 27.4 Å². The van der Waals surface area contributed by atoms with E-state index in [9.17, 15) is 10.1 Å². The average molecular weight is 311 g/mol. The molecular weight excluding hydrogens is 292 g/mol. The fourth-order valence-electron chi connectivity index (χ4n) is 3.59. The average Bonchev–Trinajstić information content (AvgIpc) is 2.80. The Hall–Kier alpha value is -1.40. The highest BCUT2D eigenvalue weighted by Gasteiger charge is 2.36. The van der Waals surface area contributed by atoms with Crippen LogP contribution in [0.3, 0.4) is 0 Å². The van der Waals surface area contributed by atoms with Crippen molar-refractivity contribution in [2.75, 3.05) is 11.4 Å². The normalized spacial score (nSPS) is 27.6. The summed E-state index contributed by atoms with van der Waals surface area (Å²) in [6.45, 7) is 2.87. The molecule has 21 heavy (non-hydrogen) atoms. The Kier molecular flexibility index (Phi) is 3.99. The van der Waals surface area contributed by atoms with E-state index in [2.05, 4.69) is 22.1 Å². The first kappa shape index (κ1) is 14.5. The SMILES string of the molecule is CCN(c1ncc([N+](=O)[O-])cc1Cl)C1CC2CCC(C1)N2. The van der Waals surface area contributed by atoms with Gasteiger partial charge in [0.15, 0.2) is 0 Å². The maximum Gasteiger partial charge on any atom is 0.289 e. The van der Waals surface area contributed by atoms with E-state index in [1.54, 1.807) is 0 Å². The summed E-state index contributed by atoms with van der Waals surface area (Å²) in [7, 11) is 0. The minimum Gasteiger partial charge on any atom is -0.353 e. The van der Waals surface area contributed by atoms with Crippen LogP contribution in [-0.4, -0.2) is 34.6 Å². The second-order valence-electron chi connectivity index (χ2n) is 5.81. The number of hydrogen-bond donors (Lipinski definition) is 1. The fraction of sp³-hybridized carbons (Fsp3) is 0.643. The monoisotopic (exact) mass is 310 g/mol. The molecule has 0 aromatic carbocycles. The molecular formula is C14H19ClN4O2. The number of nitrogens with zero attached hydrogens (tertiary/aromatic N) is 3. The van der Waals surface area contributed by atoms with Crippen molar-refractivity contribution in [1.29, 1.82) is 0 Å². The van der Waals surface area contributed by atoms with Crippen molar-refractivity contribution in [3.63, 3.8) is 0 Å². The van der Waals surface area contributed by atoms with Gasteiger partial charge in [-0.05, 0) is 32.6 Å². The summed E-state index contributed by atoms with van der Waals surface area (Å²) < 4.78 is 0. The van der Waals surface area contributed by atoms with Crippen LogP contribution in [0.5, 0.6) is 0 Å².